The Bertz CT molecular complexity index is 1550. The number of aromatic nitrogens is 4. The monoisotopic (exact) mass is 569 g/mol. The number of pyridine rings is 1. The zero-order chi connectivity index (χ0) is 27.5. The number of carbonyl (C=O) groups excluding carboxylic acids is 1. The van der Waals surface area contributed by atoms with Crippen molar-refractivity contribution in [2.45, 2.75) is 29.5 Å². The van der Waals surface area contributed by atoms with Crippen LogP contribution in [0.5, 0.6) is 0 Å². The van der Waals surface area contributed by atoms with Gasteiger partial charge in [0.15, 0.2) is 10.8 Å². The predicted octanol–water partition coefficient (Wildman–Crippen LogP) is 2.01. The molecule has 1 aliphatic heterocycles. The van der Waals surface area contributed by atoms with E-state index in [1.807, 2.05) is 11.0 Å². The van der Waals surface area contributed by atoms with Gasteiger partial charge in [0.2, 0.25) is 15.0 Å². The minimum atomic E-state index is -4.69. The number of piperazine rings is 1. The summed E-state index contributed by atoms with van der Waals surface area (Å²) in [5, 5.41) is 14.9. The topological polar surface area (TPSA) is 140 Å². The van der Waals surface area contributed by atoms with Gasteiger partial charge in [0, 0.05) is 46.5 Å². The molecular formula is C21H22F3N9O3S2. The van der Waals surface area contributed by atoms with Gasteiger partial charge >= 0.3 is 12.2 Å². The van der Waals surface area contributed by atoms with Gasteiger partial charge in [-0.05, 0) is 18.9 Å². The second-order valence-electron chi connectivity index (χ2n) is 9.26. The highest BCUT2D eigenvalue weighted by atomic mass is 32.2. The van der Waals surface area contributed by atoms with Crippen LogP contribution in [-0.4, -0.2) is 89.6 Å². The normalized spacial score (nSPS) is 17.5. The van der Waals surface area contributed by atoms with Gasteiger partial charge in [-0.2, -0.15) is 23.2 Å². The maximum absolute atomic E-state index is 13.3. The molecule has 3 aromatic rings. The predicted molar refractivity (Wildman–Crippen MR) is 130 cm³/mol. The summed E-state index contributed by atoms with van der Waals surface area (Å²) >= 11 is 0.296. The van der Waals surface area contributed by atoms with E-state index in [4.69, 9.17) is 0 Å². The third-order valence-electron chi connectivity index (χ3n) is 6.33. The number of amides is 2. The van der Waals surface area contributed by atoms with Crippen molar-refractivity contribution in [2.75, 3.05) is 45.2 Å². The number of rotatable bonds is 5. The molecule has 4 heterocycles. The number of alkyl halides is 3. The van der Waals surface area contributed by atoms with Crippen molar-refractivity contribution < 1.29 is 26.4 Å². The van der Waals surface area contributed by atoms with E-state index < -0.39 is 26.7 Å². The van der Waals surface area contributed by atoms with E-state index in [-0.39, 0.29) is 21.8 Å². The first-order valence-corrected chi connectivity index (χ1v) is 13.7. The molecule has 0 unspecified atom stereocenters. The number of nitrogens with zero attached hydrogens (tertiary/aromatic N) is 8. The number of anilines is 1. The van der Waals surface area contributed by atoms with E-state index in [0.29, 0.717) is 61.6 Å². The van der Waals surface area contributed by atoms with Crippen LogP contribution in [0.4, 0.5) is 23.7 Å². The van der Waals surface area contributed by atoms with Crippen molar-refractivity contribution >= 4 is 38.6 Å². The van der Waals surface area contributed by atoms with Crippen LogP contribution in [0, 0.1) is 11.3 Å². The van der Waals surface area contributed by atoms with Crippen molar-refractivity contribution in [2.24, 2.45) is 0 Å². The fourth-order valence-corrected chi connectivity index (χ4v) is 6.24. The summed E-state index contributed by atoms with van der Waals surface area (Å²) < 4.78 is 69.9. The molecule has 202 valence electrons. The number of halogens is 3. The minimum Gasteiger partial charge on any atom is -0.366 e. The van der Waals surface area contributed by atoms with E-state index in [1.54, 1.807) is 19.0 Å². The molecule has 2 amide bonds. The maximum atomic E-state index is 13.3. The molecule has 3 aromatic heterocycles. The smallest absolute Gasteiger partial charge is 0.366 e. The Morgan fingerprint density at radius 2 is 1.89 bits per heavy atom. The van der Waals surface area contributed by atoms with Crippen molar-refractivity contribution in [3.05, 3.63) is 23.5 Å². The van der Waals surface area contributed by atoms with Crippen LogP contribution in [0.25, 0.3) is 16.3 Å². The molecule has 0 atom stereocenters. The third-order valence-corrected chi connectivity index (χ3v) is 8.80. The number of nitrogens with one attached hydrogen (secondary N) is 1. The lowest BCUT2D eigenvalue weighted by Gasteiger charge is -2.37. The molecule has 2 aliphatic rings. The lowest BCUT2D eigenvalue weighted by molar-refractivity contribution is -0.138. The Morgan fingerprint density at radius 1 is 1.21 bits per heavy atom. The first-order chi connectivity index (χ1) is 17.8. The highest BCUT2D eigenvalue weighted by molar-refractivity contribution is 7.89. The average Bonchev–Trinajstić information content (AvgIpc) is 3.26. The second kappa shape index (κ2) is 9.06. The summed E-state index contributed by atoms with van der Waals surface area (Å²) in [5.41, 5.74) is -0.271. The lowest BCUT2D eigenvalue weighted by atomic mass is 10.2. The van der Waals surface area contributed by atoms with Crippen molar-refractivity contribution in [3.63, 3.8) is 0 Å². The van der Waals surface area contributed by atoms with Gasteiger partial charge in [0.1, 0.15) is 10.4 Å². The molecule has 2 fully saturated rings. The Hall–Kier alpha value is -3.49. The van der Waals surface area contributed by atoms with Gasteiger partial charge in [-0.1, -0.05) is 11.3 Å². The quantitative estimate of drug-likeness (QED) is 0.492. The number of urea groups is 1. The first-order valence-electron chi connectivity index (χ1n) is 11.4. The van der Waals surface area contributed by atoms with Crippen molar-refractivity contribution in [1.82, 2.24) is 34.1 Å². The van der Waals surface area contributed by atoms with E-state index in [1.165, 1.54) is 27.8 Å². The van der Waals surface area contributed by atoms with Crippen LogP contribution >= 0.6 is 11.3 Å². The summed E-state index contributed by atoms with van der Waals surface area (Å²) in [7, 11) is -0.879. The van der Waals surface area contributed by atoms with Crippen LogP contribution in [0.2, 0.25) is 0 Å². The Labute approximate surface area is 219 Å². The van der Waals surface area contributed by atoms with Crippen LogP contribution in [-0.2, 0) is 16.2 Å². The van der Waals surface area contributed by atoms with Gasteiger partial charge in [-0.25, -0.2) is 18.2 Å². The molecule has 1 saturated carbocycles. The molecule has 0 radical (unpaired) electrons. The Balaban J connectivity index is 1.58. The summed E-state index contributed by atoms with van der Waals surface area (Å²) in [6.45, 7) is 1.52. The number of hydrogen-bond acceptors (Lipinski definition) is 9. The van der Waals surface area contributed by atoms with Crippen LogP contribution in [0.3, 0.4) is 0 Å². The number of sulfonamides is 1. The largest absolute Gasteiger partial charge is 0.445 e. The fourth-order valence-electron chi connectivity index (χ4n) is 4.14. The van der Waals surface area contributed by atoms with Gasteiger partial charge in [-0.3, -0.25) is 4.40 Å². The SMILES string of the molecule is CN(C)C(=O)N1CCN(c2cc(S(=O)(=O)NC3(C#N)CC3)cn3c(-c4nnc(C(F)(F)F)s4)ncc23)CC1. The average molecular weight is 570 g/mol. The van der Waals surface area contributed by atoms with E-state index >= 15 is 0 Å². The van der Waals surface area contributed by atoms with Crippen molar-refractivity contribution in [1.29, 1.82) is 5.26 Å². The molecule has 5 rings (SSSR count). The molecule has 17 heteroatoms. The van der Waals surface area contributed by atoms with Gasteiger partial charge in [-0.15, -0.1) is 10.2 Å². The molecule has 1 N–H and O–H groups in total. The molecule has 1 aliphatic carbocycles. The van der Waals surface area contributed by atoms with Gasteiger partial charge < -0.3 is 14.7 Å². The first kappa shape index (κ1) is 26.1. The lowest BCUT2D eigenvalue weighted by Crippen LogP contribution is -2.51. The van der Waals surface area contributed by atoms with Crippen LogP contribution in [0.1, 0.15) is 17.8 Å². The molecule has 0 aromatic carbocycles. The maximum Gasteiger partial charge on any atom is 0.445 e. The number of imidazole rings is 1. The zero-order valence-corrected chi connectivity index (χ0v) is 21.9. The number of hydrogen-bond donors (Lipinski definition) is 1. The summed E-state index contributed by atoms with van der Waals surface area (Å²) in [5.74, 6) is -0.00543. The molecule has 0 bridgehead atoms. The number of nitriles is 1. The Kier molecular flexibility index (Phi) is 6.23. The number of fused-ring (bicyclic) bond motifs is 1. The third kappa shape index (κ3) is 4.74. The molecular weight excluding hydrogens is 547 g/mol. The highest BCUT2D eigenvalue weighted by Gasteiger charge is 2.47. The van der Waals surface area contributed by atoms with E-state index in [2.05, 4.69) is 19.9 Å². The van der Waals surface area contributed by atoms with Crippen LogP contribution in [0.15, 0.2) is 23.4 Å². The molecule has 38 heavy (non-hydrogen) atoms. The molecule has 12 nitrogen and oxygen atoms in total. The highest BCUT2D eigenvalue weighted by Crippen LogP contribution is 2.38. The van der Waals surface area contributed by atoms with E-state index in [0.717, 1.165) is 0 Å². The zero-order valence-electron chi connectivity index (χ0n) is 20.2. The second-order valence-corrected chi connectivity index (χ2v) is 11.9. The fraction of sp³-hybridized carbons (Fsp3) is 0.476. The summed E-state index contributed by atoms with van der Waals surface area (Å²) in [6, 6.07) is 3.28. The van der Waals surface area contributed by atoms with Crippen LogP contribution < -0.4 is 9.62 Å². The minimum absolute atomic E-state index is 0.00543. The summed E-state index contributed by atoms with van der Waals surface area (Å²) in [4.78, 5) is 21.4. The van der Waals surface area contributed by atoms with Gasteiger partial charge in [0.05, 0.1) is 23.5 Å². The molecule has 0 spiro atoms. The van der Waals surface area contributed by atoms with Crippen molar-refractivity contribution in [3.8, 4) is 16.9 Å². The Morgan fingerprint density at radius 3 is 2.45 bits per heavy atom. The van der Waals surface area contributed by atoms with E-state index in [9.17, 15) is 31.6 Å². The summed E-state index contributed by atoms with van der Waals surface area (Å²) in [6.07, 6.45) is -1.26. The number of carbonyl (C=O) groups is 1. The standard InChI is InChI=1S/C21H22F3N9O3S2/c1-30(2)19(34)32-7-5-31(6-8-32)14-9-13(38(35,36)29-20(12-25)3-4-20)11-33-15(14)10-26-16(33)17-27-28-18(37-17)21(22,23)24/h9-11,29H,3-8H2,1-2H3. The molecule has 1 saturated heterocycles. The van der Waals surface area contributed by atoms with Gasteiger partial charge in [0.25, 0.3) is 0 Å².